The number of thioether (sulfide) groups is 1. The van der Waals surface area contributed by atoms with E-state index in [0.29, 0.717) is 39.8 Å². The minimum absolute atomic E-state index is 0.00333. The SMILES string of the molecule is COc1ccc(NC(=O)C(Sc2cccc(NC(=O)/C(=C\c3ccc(OC)cc3OC)NC(=O)c3ccccc3)c2)c2ccccc2)cc1. The Morgan fingerprint density at radius 1 is 0.653 bits per heavy atom. The van der Waals surface area contributed by atoms with Crippen molar-refractivity contribution in [2.75, 3.05) is 32.0 Å². The van der Waals surface area contributed by atoms with Crippen LogP contribution >= 0.6 is 11.8 Å². The zero-order valence-electron chi connectivity index (χ0n) is 27.1. The standard InChI is InChI=1S/C39H35N3O6S/c1-46-31-21-18-29(19-22-31)40-39(45)36(26-11-6-4-7-12-26)49-33-16-10-15-30(24-33)41-38(44)34(42-37(43)27-13-8-5-9-14-27)23-28-17-20-32(47-2)25-35(28)48-3/h4-25,36H,1-3H3,(H,40,45)(H,41,44)(H,42,43)/b34-23+. The molecule has 0 aliphatic carbocycles. The molecule has 248 valence electrons. The predicted octanol–water partition coefficient (Wildman–Crippen LogP) is 7.59. The van der Waals surface area contributed by atoms with Crippen LogP contribution in [0.25, 0.3) is 6.08 Å². The lowest BCUT2D eigenvalue weighted by molar-refractivity contribution is -0.116. The number of carbonyl (C=O) groups is 3. The third kappa shape index (κ3) is 9.30. The molecule has 5 rings (SSSR count). The third-order valence-corrected chi connectivity index (χ3v) is 8.56. The quantitative estimate of drug-likeness (QED) is 0.0872. The Bertz CT molecular complexity index is 1930. The number of benzene rings is 5. The normalized spacial score (nSPS) is 11.5. The van der Waals surface area contributed by atoms with Crippen LogP contribution in [-0.2, 0) is 9.59 Å². The predicted molar refractivity (Wildman–Crippen MR) is 193 cm³/mol. The van der Waals surface area contributed by atoms with Gasteiger partial charge in [0.1, 0.15) is 28.2 Å². The van der Waals surface area contributed by atoms with Crippen LogP contribution in [0.4, 0.5) is 11.4 Å². The van der Waals surface area contributed by atoms with Crippen molar-refractivity contribution >= 4 is 46.9 Å². The summed E-state index contributed by atoms with van der Waals surface area (Å²) in [5.41, 5.74) is 2.87. The maximum absolute atomic E-state index is 13.8. The lowest BCUT2D eigenvalue weighted by Crippen LogP contribution is -2.30. The average Bonchev–Trinajstić information content (AvgIpc) is 3.14. The second-order valence-electron chi connectivity index (χ2n) is 10.6. The molecule has 9 nitrogen and oxygen atoms in total. The smallest absolute Gasteiger partial charge is 0.272 e. The van der Waals surface area contributed by atoms with Crippen LogP contribution in [0.2, 0.25) is 0 Å². The Kier molecular flexibility index (Phi) is 11.7. The number of hydrogen-bond acceptors (Lipinski definition) is 7. The van der Waals surface area contributed by atoms with E-state index < -0.39 is 17.1 Å². The maximum atomic E-state index is 13.8. The number of amides is 3. The largest absolute Gasteiger partial charge is 0.497 e. The first-order valence-corrected chi connectivity index (χ1v) is 16.1. The fraction of sp³-hybridized carbons (Fsp3) is 0.103. The van der Waals surface area contributed by atoms with Gasteiger partial charge in [0.25, 0.3) is 11.8 Å². The summed E-state index contributed by atoms with van der Waals surface area (Å²) in [6, 6.07) is 37.5. The minimum atomic E-state index is -0.600. The maximum Gasteiger partial charge on any atom is 0.272 e. The van der Waals surface area contributed by atoms with Crippen LogP contribution in [-0.4, -0.2) is 39.1 Å². The van der Waals surface area contributed by atoms with Gasteiger partial charge in [-0.3, -0.25) is 14.4 Å². The van der Waals surface area contributed by atoms with Crippen molar-refractivity contribution in [3.63, 3.8) is 0 Å². The summed E-state index contributed by atoms with van der Waals surface area (Å²) in [4.78, 5) is 41.3. The fourth-order valence-electron chi connectivity index (χ4n) is 4.80. The molecule has 0 aliphatic rings. The number of carbonyl (C=O) groups excluding carboxylic acids is 3. The molecule has 49 heavy (non-hydrogen) atoms. The fourth-order valence-corrected chi connectivity index (χ4v) is 5.88. The molecule has 1 atom stereocenters. The zero-order valence-corrected chi connectivity index (χ0v) is 28.0. The average molecular weight is 674 g/mol. The van der Waals surface area contributed by atoms with Gasteiger partial charge in [-0.1, -0.05) is 54.6 Å². The van der Waals surface area contributed by atoms with E-state index in [1.807, 2.05) is 36.4 Å². The van der Waals surface area contributed by atoms with E-state index in [9.17, 15) is 14.4 Å². The molecule has 3 amide bonds. The highest BCUT2D eigenvalue weighted by molar-refractivity contribution is 8.00. The first kappa shape index (κ1) is 34.3. The Hall–Kier alpha value is -6.00. The van der Waals surface area contributed by atoms with E-state index in [-0.39, 0.29) is 11.6 Å². The summed E-state index contributed by atoms with van der Waals surface area (Å²) in [7, 11) is 4.64. The van der Waals surface area contributed by atoms with Gasteiger partial charge >= 0.3 is 0 Å². The summed E-state index contributed by atoms with van der Waals surface area (Å²) < 4.78 is 16.1. The molecule has 0 fully saturated rings. The van der Waals surface area contributed by atoms with Crippen LogP contribution < -0.4 is 30.2 Å². The third-order valence-electron chi connectivity index (χ3n) is 7.31. The van der Waals surface area contributed by atoms with E-state index in [1.54, 1.807) is 111 Å². The highest BCUT2D eigenvalue weighted by atomic mass is 32.2. The van der Waals surface area contributed by atoms with E-state index in [0.717, 1.165) is 10.5 Å². The Balaban J connectivity index is 1.40. The summed E-state index contributed by atoms with van der Waals surface area (Å²) >= 11 is 1.34. The molecule has 3 N–H and O–H groups in total. The lowest BCUT2D eigenvalue weighted by Gasteiger charge is -2.18. The van der Waals surface area contributed by atoms with Crippen molar-refractivity contribution in [2.24, 2.45) is 0 Å². The summed E-state index contributed by atoms with van der Waals surface area (Å²) in [5, 5.41) is 8.05. The van der Waals surface area contributed by atoms with Crippen LogP contribution in [0.5, 0.6) is 17.2 Å². The topological polar surface area (TPSA) is 115 Å². The van der Waals surface area contributed by atoms with Crippen LogP contribution in [0.15, 0.2) is 138 Å². The number of rotatable bonds is 13. The second kappa shape index (κ2) is 16.7. The molecule has 0 saturated carbocycles. The molecular weight excluding hydrogens is 639 g/mol. The highest BCUT2D eigenvalue weighted by Gasteiger charge is 2.23. The van der Waals surface area contributed by atoms with Crippen molar-refractivity contribution in [1.82, 2.24) is 5.32 Å². The molecule has 5 aromatic rings. The van der Waals surface area contributed by atoms with Gasteiger partial charge in [-0.2, -0.15) is 0 Å². The molecule has 0 heterocycles. The van der Waals surface area contributed by atoms with E-state index in [1.165, 1.54) is 18.9 Å². The Labute approximate surface area is 289 Å². The van der Waals surface area contributed by atoms with E-state index in [4.69, 9.17) is 14.2 Å². The molecule has 10 heteroatoms. The Morgan fingerprint density at radius 3 is 2.00 bits per heavy atom. The van der Waals surface area contributed by atoms with Gasteiger partial charge in [-0.25, -0.2) is 0 Å². The first-order chi connectivity index (χ1) is 23.9. The molecule has 1 unspecified atom stereocenters. The van der Waals surface area contributed by atoms with Gasteiger partial charge in [-0.05, 0) is 78.4 Å². The van der Waals surface area contributed by atoms with Gasteiger partial charge in [0.15, 0.2) is 0 Å². The monoisotopic (exact) mass is 673 g/mol. The molecule has 0 saturated heterocycles. The molecule has 5 aromatic carbocycles. The van der Waals surface area contributed by atoms with Crippen molar-refractivity contribution in [3.05, 3.63) is 150 Å². The number of methoxy groups -OCH3 is 3. The van der Waals surface area contributed by atoms with Crippen LogP contribution in [0.3, 0.4) is 0 Å². The van der Waals surface area contributed by atoms with Gasteiger partial charge in [0, 0.05) is 33.5 Å². The number of anilines is 2. The summed E-state index contributed by atoms with van der Waals surface area (Å²) in [6.45, 7) is 0. The van der Waals surface area contributed by atoms with Crippen molar-refractivity contribution in [3.8, 4) is 17.2 Å². The number of nitrogens with one attached hydrogen (secondary N) is 3. The van der Waals surface area contributed by atoms with Crippen LogP contribution in [0.1, 0.15) is 26.7 Å². The van der Waals surface area contributed by atoms with Gasteiger partial charge in [-0.15, -0.1) is 11.8 Å². The molecular formula is C39H35N3O6S. The van der Waals surface area contributed by atoms with Crippen molar-refractivity contribution in [1.29, 1.82) is 0 Å². The summed E-state index contributed by atoms with van der Waals surface area (Å²) in [6.07, 6.45) is 1.54. The second-order valence-corrected chi connectivity index (χ2v) is 11.8. The Morgan fingerprint density at radius 2 is 1.33 bits per heavy atom. The molecule has 0 aliphatic heterocycles. The first-order valence-electron chi connectivity index (χ1n) is 15.2. The van der Waals surface area contributed by atoms with Gasteiger partial charge in [0.05, 0.1) is 21.3 Å². The van der Waals surface area contributed by atoms with Crippen molar-refractivity contribution in [2.45, 2.75) is 10.1 Å². The molecule has 0 aromatic heterocycles. The highest BCUT2D eigenvalue weighted by Crippen LogP contribution is 2.37. The van der Waals surface area contributed by atoms with Crippen molar-refractivity contribution < 1.29 is 28.6 Å². The van der Waals surface area contributed by atoms with Crippen LogP contribution in [0, 0.1) is 0 Å². The molecule has 0 bridgehead atoms. The van der Waals surface area contributed by atoms with Gasteiger partial charge in [0.2, 0.25) is 5.91 Å². The zero-order chi connectivity index (χ0) is 34.6. The number of hydrogen-bond donors (Lipinski definition) is 3. The lowest BCUT2D eigenvalue weighted by atomic mass is 10.1. The number of ether oxygens (including phenoxy) is 3. The minimum Gasteiger partial charge on any atom is -0.497 e. The van der Waals surface area contributed by atoms with E-state index >= 15 is 0 Å². The summed E-state index contributed by atoms with van der Waals surface area (Å²) in [5.74, 6) is 0.504. The molecule has 0 radical (unpaired) electrons. The molecule has 0 spiro atoms. The van der Waals surface area contributed by atoms with E-state index in [2.05, 4.69) is 16.0 Å². The van der Waals surface area contributed by atoms with Gasteiger partial charge < -0.3 is 30.2 Å².